The van der Waals surface area contributed by atoms with Crippen LogP contribution in [0.15, 0.2) is 16.6 Å². The first-order chi connectivity index (χ1) is 10.0. The third-order valence-electron chi connectivity index (χ3n) is 4.67. The van der Waals surface area contributed by atoms with Gasteiger partial charge in [0.25, 0.3) is 0 Å². The summed E-state index contributed by atoms with van der Waals surface area (Å²) in [5.41, 5.74) is 1.01. The van der Waals surface area contributed by atoms with Gasteiger partial charge in [0.15, 0.2) is 11.5 Å². The summed E-state index contributed by atoms with van der Waals surface area (Å²) < 4.78 is 5.76. The molecular weight excluding hydrogens is 338 g/mol. The maximum atomic E-state index is 11.3. The number of methoxy groups -OCH3 is 1. The van der Waals surface area contributed by atoms with E-state index in [1.165, 1.54) is 7.11 Å². The molecule has 3 rings (SSSR count). The van der Waals surface area contributed by atoms with Crippen molar-refractivity contribution in [3.8, 4) is 11.5 Å². The minimum atomic E-state index is -0.684. The smallest absolute Gasteiger partial charge is 0.308 e. The molecule has 2 aliphatic rings. The van der Waals surface area contributed by atoms with Crippen molar-refractivity contribution in [1.29, 1.82) is 0 Å². The largest absolute Gasteiger partial charge is 0.503 e. The van der Waals surface area contributed by atoms with Gasteiger partial charge >= 0.3 is 5.97 Å². The number of phenolic OH excluding ortho intramolecular Hbond substituents is 1. The zero-order valence-corrected chi connectivity index (χ0v) is 13.3. The Bertz CT molecular complexity index is 577. The highest BCUT2D eigenvalue weighted by Gasteiger charge is 2.48. The van der Waals surface area contributed by atoms with Crippen molar-refractivity contribution < 1.29 is 19.7 Å². The van der Waals surface area contributed by atoms with Crippen LogP contribution in [-0.2, 0) is 11.3 Å². The van der Waals surface area contributed by atoms with Crippen LogP contribution in [-0.4, -0.2) is 40.3 Å². The molecule has 114 valence electrons. The zero-order chi connectivity index (χ0) is 15.1. The lowest BCUT2D eigenvalue weighted by atomic mass is 9.89. The third kappa shape index (κ3) is 2.51. The first-order valence-corrected chi connectivity index (χ1v) is 7.84. The molecule has 0 aliphatic carbocycles. The number of aromatic hydroxyl groups is 1. The van der Waals surface area contributed by atoms with E-state index in [0.29, 0.717) is 22.8 Å². The first-order valence-electron chi connectivity index (χ1n) is 7.05. The molecule has 0 amide bonds. The number of carboxylic acid groups (broad SMARTS) is 1. The normalized spacial score (nSPS) is 28.0. The maximum absolute atomic E-state index is 11.3. The van der Waals surface area contributed by atoms with E-state index in [1.54, 1.807) is 0 Å². The van der Waals surface area contributed by atoms with Crippen LogP contribution in [0.3, 0.4) is 0 Å². The topological polar surface area (TPSA) is 70.0 Å². The number of fused-ring (bicyclic) bond motifs is 2. The van der Waals surface area contributed by atoms with Gasteiger partial charge in [-0.2, -0.15) is 0 Å². The highest BCUT2D eigenvalue weighted by atomic mass is 79.9. The van der Waals surface area contributed by atoms with Crippen molar-refractivity contribution in [2.75, 3.05) is 7.11 Å². The average molecular weight is 356 g/mol. The molecule has 5 nitrogen and oxygen atoms in total. The van der Waals surface area contributed by atoms with Crippen LogP contribution < -0.4 is 4.74 Å². The number of hydrogen-bond acceptors (Lipinski definition) is 4. The number of ether oxygens (including phenoxy) is 1. The molecule has 2 bridgehead atoms. The van der Waals surface area contributed by atoms with Crippen LogP contribution in [0.1, 0.15) is 24.8 Å². The molecule has 2 fully saturated rings. The second-order valence-electron chi connectivity index (χ2n) is 5.78. The first kappa shape index (κ1) is 14.7. The Kier molecular flexibility index (Phi) is 3.84. The molecule has 2 N–H and O–H groups in total. The summed E-state index contributed by atoms with van der Waals surface area (Å²) in [5, 5.41) is 19.1. The Labute approximate surface area is 131 Å². The molecule has 0 spiro atoms. The summed E-state index contributed by atoms with van der Waals surface area (Å²) in [6.45, 7) is 0.689. The lowest BCUT2D eigenvalue weighted by Gasteiger charge is -2.23. The molecule has 1 aromatic rings. The summed E-state index contributed by atoms with van der Waals surface area (Å²) in [5.74, 6) is -0.405. The van der Waals surface area contributed by atoms with Gasteiger partial charge in [0.05, 0.1) is 17.5 Å². The van der Waals surface area contributed by atoms with Crippen LogP contribution in [0.5, 0.6) is 11.5 Å². The summed E-state index contributed by atoms with van der Waals surface area (Å²) in [6, 6.07) is 4.17. The Morgan fingerprint density at radius 2 is 2.24 bits per heavy atom. The lowest BCUT2D eigenvalue weighted by Crippen LogP contribution is -2.32. The maximum Gasteiger partial charge on any atom is 0.308 e. The van der Waals surface area contributed by atoms with Crippen molar-refractivity contribution in [2.24, 2.45) is 5.92 Å². The SMILES string of the molecule is COc1cc(CN2C3CCC2C(C(=O)O)C3)cc(Br)c1O. The minimum absolute atomic E-state index is 0.0917. The van der Waals surface area contributed by atoms with E-state index in [2.05, 4.69) is 20.8 Å². The quantitative estimate of drug-likeness (QED) is 0.868. The van der Waals surface area contributed by atoms with Gasteiger partial charge < -0.3 is 14.9 Å². The van der Waals surface area contributed by atoms with E-state index in [9.17, 15) is 15.0 Å². The molecule has 6 heteroatoms. The van der Waals surface area contributed by atoms with Gasteiger partial charge in [-0.25, -0.2) is 0 Å². The Balaban J connectivity index is 1.82. The summed E-state index contributed by atoms with van der Waals surface area (Å²) in [4.78, 5) is 13.6. The molecule has 1 aromatic carbocycles. The molecule has 3 unspecified atom stereocenters. The Morgan fingerprint density at radius 1 is 1.48 bits per heavy atom. The number of carbonyl (C=O) groups is 1. The molecule has 3 atom stereocenters. The fourth-order valence-corrected chi connectivity index (χ4v) is 4.19. The zero-order valence-electron chi connectivity index (χ0n) is 11.8. The predicted octanol–water partition coefficient (Wildman–Crippen LogP) is 2.60. The number of rotatable bonds is 4. The molecule has 0 radical (unpaired) electrons. The molecular formula is C15H18BrNO4. The van der Waals surface area contributed by atoms with Crippen molar-refractivity contribution in [3.05, 3.63) is 22.2 Å². The number of carboxylic acids is 1. The summed E-state index contributed by atoms with van der Waals surface area (Å²) in [6.07, 6.45) is 2.78. The van der Waals surface area contributed by atoms with Gasteiger partial charge in [-0.05, 0) is 52.9 Å². The number of aliphatic carboxylic acids is 1. The molecule has 0 aromatic heterocycles. The predicted molar refractivity (Wildman–Crippen MR) is 80.5 cm³/mol. The second kappa shape index (κ2) is 5.50. The standard InChI is InChI=1S/C15H18BrNO4/c1-21-13-5-8(4-11(16)14(13)18)7-17-9-2-3-12(17)10(6-9)15(19)20/h4-5,9-10,12,18H,2-3,6-7H2,1H3,(H,19,20). The summed E-state index contributed by atoms with van der Waals surface area (Å²) in [7, 11) is 1.52. The average Bonchev–Trinajstić information content (AvgIpc) is 2.99. The van der Waals surface area contributed by atoms with E-state index < -0.39 is 5.97 Å². The lowest BCUT2D eigenvalue weighted by molar-refractivity contribution is -0.142. The van der Waals surface area contributed by atoms with E-state index >= 15 is 0 Å². The number of nitrogens with zero attached hydrogens (tertiary/aromatic N) is 1. The van der Waals surface area contributed by atoms with Crippen LogP contribution in [0.2, 0.25) is 0 Å². The fraction of sp³-hybridized carbons (Fsp3) is 0.533. The van der Waals surface area contributed by atoms with Gasteiger partial charge in [0.1, 0.15) is 0 Å². The number of benzene rings is 1. The highest BCUT2D eigenvalue weighted by molar-refractivity contribution is 9.10. The molecule has 21 heavy (non-hydrogen) atoms. The van der Waals surface area contributed by atoms with Gasteiger partial charge in [-0.15, -0.1) is 0 Å². The summed E-state index contributed by atoms with van der Waals surface area (Å²) >= 11 is 3.33. The van der Waals surface area contributed by atoms with Crippen LogP contribution in [0.4, 0.5) is 0 Å². The van der Waals surface area contributed by atoms with E-state index in [0.717, 1.165) is 24.8 Å². The number of halogens is 1. The number of phenols is 1. The van der Waals surface area contributed by atoms with Gasteiger partial charge in [-0.1, -0.05) is 0 Å². The van der Waals surface area contributed by atoms with Gasteiger partial charge in [0, 0.05) is 18.6 Å². The fourth-order valence-electron chi connectivity index (χ4n) is 3.70. The minimum Gasteiger partial charge on any atom is -0.503 e. The van der Waals surface area contributed by atoms with Crippen LogP contribution in [0.25, 0.3) is 0 Å². The van der Waals surface area contributed by atoms with Crippen molar-refractivity contribution in [2.45, 2.75) is 37.9 Å². The highest BCUT2D eigenvalue weighted by Crippen LogP contribution is 2.43. The Morgan fingerprint density at radius 3 is 2.86 bits per heavy atom. The molecule has 0 saturated carbocycles. The van der Waals surface area contributed by atoms with Crippen LogP contribution in [0, 0.1) is 5.92 Å². The third-order valence-corrected chi connectivity index (χ3v) is 5.28. The van der Waals surface area contributed by atoms with E-state index in [-0.39, 0.29) is 17.7 Å². The monoisotopic (exact) mass is 355 g/mol. The second-order valence-corrected chi connectivity index (χ2v) is 6.63. The van der Waals surface area contributed by atoms with Crippen molar-refractivity contribution in [3.63, 3.8) is 0 Å². The Hall–Kier alpha value is -1.27. The molecule has 2 heterocycles. The molecule has 2 aliphatic heterocycles. The van der Waals surface area contributed by atoms with Crippen molar-refractivity contribution in [1.82, 2.24) is 4.90 Å². The van der Waals surface area contributed by atoms with Crippen LogP contribution >= 0.6 is 15.9 Å². The van der Waals surface area contributed by atoms with Gasteiger partial charge in [-0.3, -0.25) is 9.69 Å². The van der Waals surface area contributed by atoms with Gasteiger partial charge in [0.2, 0.25) is 0 Å². The number of hydrogen-bond donors (Lipinski definition) is 2. The van der Waals surface area contributed by atoms with E-state index in [1.807, 2.05) is 12.1 Å². The van der Waals surface area contributed by atoms with E-state index in [4.69, 9.17) is 4.74 Å². The van der Waals surface area contributed by atoms with Crippen molar-refractivity contribution >= 4 is 21.9 Å². The molecule has 2 saturated heterocycles.